The lowest BCUT2D eigenvalue weighted by molar-refractivity contribution is -0.117. The number of hydrogen-bond acceptors (Lipinski definition) is 8. The van der Waals surface area contributed by atoms with E-state index in [4.69, 9.17) is 14.2 Å². The number of benzene rings is 2. The van der Waals surface area contributed by atoms with Crippen molar-refractivity contribution in [3.05, 3.63) is 59.4 Å². The van der Waals surface area contributed by atoms with Gasteiger partial charge in [0.15, 0.2) is 0 Å². The number of amides is 1. The quantitative estimate of drug-likeness (QED) is 0.191. The summed E-state index contributed by atoms with van der Waals surface area (Å²) in [7, 11) is 1.81. The third-order valence-corrected chi connectivity index (χ3v) is 6.42. The minimum absolute atomic E-state index is 0.0594. The van der Waals surface area contributed by atoms with Crippen LogP contribution < -0.4 is 10.2 Å². The SMILES string of the molecule is Cn1cc(COCCOCCOCCNC(=O)/C(C#N)=C/c2ccc3cc(N4CCCCC4)ccc3c2)nn1. The van der Waals surface area contributed by atoms with Crippen LogP contribution in [0.25, 0.3) is 16.8 Å². The summed E-state index contributed by atoms with van der Waals surface area (Å²) >= 11 is 0. The van der Waals surface area contributed by atoms with E-state index in [9.17, 15) is 10.1 Å². The maximum absolute atomic E-state index is 12.5. The Morgan fingerprint density at radius 1 is 1.00 bits per heavy atom. The number of anilines is 1. The average Bonchev–Trinajstić information content (AvgIpc) is 3.39. The van der Waals surface area contributed by atoms with Crippen molar-refractivity contribution in [2.75, 3.05) is 57.6 Å². The van der Waals surface area contributed by atoms with Gasteiger partial charge in [-0.05, 0) is 59.9 Å². The van der Waals surface area contributed by atoms with E-state index < -0.39 is 5.91 Å². The predicted molar refractivity (Wildman–Crippen MR) is 149 cm³/mol. The van der Waals surface area contributed by atoms with Crippen LogP contribution in [0.1, 0.15) is 30.5 Å². The van der Waals surface area contributed by atoms with Crippen LogP contribution in [0, 0.1) is 11.3 Å². The minimum Gasteiger partial charge on any atom is -0.377 e. The Labute approximate surface area is 229 Å². The summed E-state index contributed by atoms with van der Waals surface area (Å²) in [5, 5.41) is 22.3. The Morgan fingerprint density at radius 2 is 1.72 bits per heavy atom. The summed E-state index contributed by atoms with van der Waals surface area (Å²) in [4.78, 5) is 14.9. The topological polar surface area (TPSA) is 115 Å². The van der Waals surface area contributed by atoms with Crippen molar-refractivity contribution in [2.24, 2.45) is 7.05 Å². The zero-order valence-electron chi connectivity index (χ0n) is 22.5. The highest BCUT2D eigenvalue weighted by molar-refractivity contribution is 6.02. The fourth-order valence-corrected chi connectivity index (χ4v) is 4.42. The normalized spacial score (nSPS) is 13.9. The first kappa shape index (κ1) is 28.2. The van der Waals surface area contributed by atoms with E-state index in [1.807, 2.05) is 24.3 Å². The second kappa shape index (κ2) is 15.0. The van der Waals surface area contributed by atoms with Gasteiger partial charge in [-0.3, -0.25) is 9.48 Å². The number of carbonyl (C=O) groups excluding carboxylic acids is 1. The molecule has 39 heavy (non-hydrogen) atoms. The number of nitriles is 1. The van der Waals surface area contributed by atoms with Crippen molar-refractivity contribution < 1.29 is 19.0 Å². The molecule has 0 spiro atoms. The fraction of sp³-hybridized carbons (Fsp3) is 0.448. The van der Waals surface area contributed by atoms with Crippen LogP contribution in [-0.2, 0) is 32.7 Å². The molecule has 0 unspecified atom stereocenters. The first-order valence-corrected chi connectivity index (χ1v) is 13.4. The molecule has 206 valence electrons. The number of aryl methyl sites for hydroxylation is 1. The number of nitrogens with one attached hydrogen (secondary N) is 1. The molecule has 1 amide bonds. The summed E-state index contributed by atoms with van der Waals surface area (Å²) in [5.74, 6) is -0.418. The predicted octanol–water partition coefficient (Wildman–Crippen LogP) is 3.23. The Balaban J connectivity index is 1.13. The lowest BCUT2D eigenvalue weighted by Crippen LogP contribution is -2.29. The molecule has 1 N–H and O–H groups in total. The molecule has 2 aromatic carbocycles. The second-order valence-corrected chi connectivity index (χ2v) is 9.43. The van der Waals surface area contributed by atoms with Gasteiger partial charge in [0, 0.05) is 32.4 Å². The van der Waals surface area contributed by atoms with Gasteiger partial charge >= 0.3 is 0 Å². The van der Waals surface area contributed by atoms with Crippen molar-refractivity contribution in [1.82, 2.24) is 20.3 Å². The molecule has 0 bridgehead atoms. The molecule has 0 atom stereocenters. The van der Waals surface area contributed by atoms with Crippen LogP contribution in [0.3, 0.4) is 0 Å². The highest BCUT2D eigenvalue weighted by Gasteiger charge is 2.12. The van der Waals surface area contributed by atoms with Gasteiger partial charge in [0.05, 0.1) is 45.8 Å². The lowest BCUT2D eigenvalue weighted by atomic mass is 10.0. The van der Waals surface area contributed by atoms with Gasteiger partial charge in [0.25, 0.3) is 5.91 Å². The smallest absolute Gasteiger partial charge is 0.262 e. The van der Waals surface area contributed by atoms with Gasteiger partial charge in [0.2, 0.25) is 0 Å². The summed E-state index contributed by atoms with van der Waals surface area (Å²) < 4.78 is 18.0. The summed E-state index contributed by atoms with van der Waals surface area (Å²) in [6, 6.07) is 14.5. The highest BCUT2D eigenvalue weighted by Crippen LogP contribution is 2.26. The summed E-state index contributed by atoms with van der Waals surface area (Å²) in [6.45, 7) is 4.96. The number of hydrogen-bond donors (Lipinski definition) is 1. The monoisotopic (exact) mass is 532 g/mol. The van der Waals surface area contributed by atoms with Crippen molar-refractivity contribution >= 4 is 28.4 Å². The van der Waals surface area contributed by atoms with E-state index in [1.54, 1.807) is 24.0 Å². The standard InChI is InChI=1S/C29H36N6O4/c1-34-21-27(32-33-34)22-39-16-15-38-14-13-37-12-9-31-29(36)26(20-30)18-23-5-6-25-19-28(8-7-24(25)17-23)35-10-3-2-4-11-35/h5-8,17-19,21H,2-4,9-16,22H2,1H3,(H,31,36)/b26-18+. The van der Waals surface area contributed by atoms with Crippen molar-refractivity contribution in [2.45, 2.75) is 25.9 Å². The van der Waals surface area contributed by atoms with Crippen molar-refractivity contribution in [1.29, 1.82) is 5.26 Å². The zero-order valence-corrected chi connectivity index (χ0v) is 22.5. The molecule has 2 heterocycles. The molecule has 0 aliphatic carbocycles. The van der Waals surface area contributed by atoms with E-state index in [0.29, 0.717) is 46.2 Å². The van der Waals surface area contributed by atoms with Gasteiger partial charge in [0.1, 0.15) is 17.3 Å². The molecule has 10 nitrogen and oxygen atoms in total. The third kappa shape index (κ3) is 8.89. The first-order chi connectivity index (χ1) is 19.1. The number of carbonyl (C=O) groups is 1. The molecule has 3 aromatic rings. The van der Waals surface area contributed by atoms with Crippen molar-refractivity contribution in [3.8, 4) is 6.07 Å². The Kier molecular flexibility index (Phi) is 10.8. The molecule has 1 fully saturated rings. The van der Waals surface area contributed by atoms with Gasteiger partial charge < -0.3 is 24.4 Å². The zero-order chi connectivity index (χ0) is 27.3. The number of rotatable bonds is 14. The third-order valence-electron chi connectivity index (χ3n) is 6.42. The van der Waals surface area contributed by atoms with E-state index >= 15 is 0 Å². The van der Waals surface area contributed by atoms with Gasteiger partial charge in [-0.2, -0.15) is 5.26 Å². The Bertz CT molecular complexity index is 1290. The number of ether oxygens (including phenoxy) is 3. The van der Waals surface area contributed by atoms with Crippen LogP contribution in [0.4, 0.5) is 5.69 Å². The molecule has 10 heteroatoms. The fourth-order valence-electron chi connectivity index (χ4n) is 4.42. The van der Waals surface area contributed by atoms with Crippen molar-refractivity contribution in [3.63, 3.8) is 0 Å². The number of fused-ring (bicyclic) bond motifs is 1. The van der Waals surface area contributed by atoms with E-state index in [2.05, 4.69) is 38.7 Å². The number of nitrogens with zero attached hydrogens (tertiary/aromatic N) is 5. The van der Waals surface area contributed by atoms with Gasteiger partial charge in [-0.25, -0.2) is 0 Å². The van der Waals surface area contributed by atoms with Gasteiger partial charge in [-0.15, -0.1) is 5.10 Å². The maximum Gasteiger partial charge on any atom is 0.262 e. The summed E-state index contributed by atoms with van der Waals surface area (Å²) in [5.41, 5.74) is 2.90. The molecule has 1 aromatic heterocycles. The number of aromatic nitrogens is 3. The first-order valence-electron chi connectivity index (χ1n) is 13.4. The molecular formula is C29H36N6O4. The highest BCUT2D eigenvalue weighted by atomic mass is 16.5. The molecule has 1 aliphatic heterocycles. The molecule has 0 radical (unpaired) electrons. The Morgan fingerprint density at radius 3 is 2.46 bits per heavy atom. The van der Waals surface area contributed by atoms with Crippen LogP contribution >= 0.6 is 0 Å². The second-order valence-electron chi connectivity index (χ2n) is 9.43. The van der Waals surface area contributed by atoms with Crippen LogP contribution in [-0.4, -0.2) is 73.6 Å². The molecule has 1 aliphatic rings. The average molecular weight is 533 g/mol. The summed E-state index contributed by atoms with van der Waals surface area (Å²) in [6.07, 6.45) is 7.21. The maximum atomic E-state index is 12.5. The molecular weight excluding hydrogens is 496 g/mol. The van der Waals surface area contributed by atoms with E-state index in [0.717, 1.165) is 35.1 Å². The van der Waals surface area contributed by atoms with E-state index in [-0.39, 0.29) is 5.57 Å². The Hall–Kier alpha value is -3.78. The molecule has 1 saturated heterocycles. The number of piperidine rings is 1. The molecule has 4 rings (SSSR count). The lowest BCUT2D eigenvalue weighted by Gasteiger charge is -2.29. The minimum atomic E-state index is -0.418. The van der Waals surface area contributed by atoms with Gasteiger partial charge in [-0.1, -0.05) is 23.4 Å². The van der Waals surface area contributed by atoms with Crippen LogP contribution in [0.15, 0.2) is 48.2 Å². The van der Waals surface area contributed by atoms with E-state index in [1.165, 1.54) is 24.9 Å². The van der Waals surface area contributed by atoms with Crippen LogP contribution in [0.5, 0.6) is 0 Å². The molecule has 0 saturated carbocycles. The largest absolute Gasteiger partial charge is 0.377 e. The van der Waals surface area contributed by atoms with Crippen LogP contribution in [0.2, 0.25) is 0 Å².